The number of hydrogen-bond donors (Lipinski definition) is 3. The molecule has 1 aromatic rings. The predicted molar refractivity (Wildman–Crippen MR) is 67.4 cm³/mol. The second-order valence-electron chi connectivity index (χ2n) is 3.84. The Hall–Kier alpha value is -1.47. The van der Waals surface area contributed by atoms with Gasteiger partial charge in [0.2, 0.25) is 10.0 Å². The number of nitrogens with one attached hydrogen (secondary N) is 2. The summed E-state index contributed by atoms with van der Waals surface area (Å²) in [7, 11) is -3.66. The van der Waals surface area contributed by atoms with Crippen molar-refractivity contribution in [2.45, 2.75) is 24.2 Å². The molecule has 1 aromatic carbocycles. The lowest BCUT2D eigenvalue weighted by atomic mass is 10.2. The van der Waals surface area contributed by atoms with E-state index in [9.17, 15) is 12.8 Å². The highest BCUT2D eigenvalue weighted by atomic mass is 32.2. The van der Waals surface area contributed by atoms with Crippen molar-refractivity contribution < 1.29 is 12.8 Å². The molecule has 0 bridgehead atoms. The van der Waals surface area contributed by atoms with Crippen molar-refractivity contribution in [2.75, 3.05) is 6.54 Å². The molecule has 0 aliphatic rings. The Morgan fingerprint density at radius 1 is 1.39 bits per heavy atom. The van der Waals surface area contributed by atoms with Crippen LogP contribution in [0.15, 0.2) is 29.2 Å². The van der Waals surface area contributed by atoms with Crippen LogP contribution in [0.3, 0.4) is 0 Å². The summed E-state index contributed by atoms with van der Waals surface area (Å²) in [6.07, 6.45) is 1.66. The van der Waals surface area contributed by atoms with Crippen molar-refractivity contribution in [3.05, 3.63) is 30.1 Å². The molecular weight excluding hydrogens is 257 g/mol. The number of sulfonamides is 1. The van der Waals surface area contributed by atoms with Gasteiger partial charge in [0.15, 0.2) is 0 Å². The Balaban J connectivity index is 2.48. The molecule has 0 saturated heterocycles. The van der Waals surface area contributed by atoms with Crippen LogP contribution in [0.4, 0.5) is 4.39 Å². The summed E-state index contributed by atoms with van der Waals surface area (Å²) in [6.45, 7) is 0.242. The molecule has 0 aromatic heterocycles. The molecule has 0 unspecified atom stereocenters. The van der Waals surface area contributed by atoms with Crippen LogP contribution in [-0.2, 0) is 10.0 Å². The van der Waals surface area contributed by atoms with Gasteiger partial charge in [-0.15, -0.1) is 0 Å². The van der Waals surface area contributed by atoms with Gasteiger partial charge in [0.25, 0.3) is 0 Å². The third-order valence-corrected chi connectivity index (χ3v) is 3.73. The van der Waals surface area contributed by atoms with E-state index < -0.39 is 15.8 Å². The Bertz CT molecular complexity index is 517. The van der Waals surface area contributed by atoms with E-state index in [1.165, 1.54) is 18.2 Å². The molecule has 5 nitrogen and oxygen atoms in total. The third-order valence-electron chi connectivity index (χ3n) is 2.27. The van der Waals surface area contributed by atoms with Crippen molar-refractivity contribution in [1.29, 1.82) is 5.41 Å². The third kappa shape index (κ3) is 4.80. The van der Waals surface area contributed by atoms with Crippen molar-refractivity contribution >= 4 is 15.9 Å². The molecule has 4 N–H and O–H groups in total. The average molecular weight is 273 g/mol. The zero-order valence-corrected chi connectivity index (χ0v) is 10.6. The fourth-order valence-corrected chi connectivity index (χ4v) is 2.47. The van der Waals surface area contributed by atoms with Crippen molar-refractivity contribution in [1.82, 2.24) is 4.72 Å². The number of benzene rings is 1. The number of rotatable bonds is 7. The van der Waals surface area contributed by atoms with Crippen molar-refractivity contribution in [2.24, 2.45) is 5.73 Å². The highest BCUT2D eigenvalue weighted by Crippen LogP contribution is 2.10. The van der Waals surface area contributed by atoms with Gasteiger partial charge >= 0.3 is 0 Å². The Morgan fingerprint density at radius 3 is 2.72 bits per heavy atom. The molecule has 18 heavy (non-hydrogen) atoms. The number of hydrogen-bond acceptors (Lipinski definition) is 3. The molecule has 1 rings (SSSR count). The van der Waals surface area contributed by atoms with Gasteiger partial charge in [-0.05, 0) is 31.0 Å². The molecule has 0 aliphatic heterocycles. The van der Waals surface area contributed by atoms with Crippen LogP contribution >= 0.6 is 0 Å². The van der Waals surface area contributed by atoms with E-state index in [1.54, 1.807) is 0 Å². The molecule has 0 atom stereocenters. The first-order chi connectivity index (χ1) is 8.42. The van der Waals surface area contributed by atoms with Gasteiger partial charge in [0.1, 0.15) is 5.82 Å². The van der Waals surface area contributed by atoms with E-state index in [0.29, 0.717) is 19.3 Å². The zero-order valence-electron chi connectivity index (χ0n) is 9.82. The Morgan fingerprint density at radius 2 is 2.11 bits per heavy atom. The van der Waals surface area contributed by atoms with Gasteiger partial charge in [-0.1, -0.05) is 6.07 Å². The fourth-order valence-electron chi connectivity index (χ4n) is 1.36. The van der Waals surface area contributed by atoms with Crippen molar-refractivity contribution in [3.8, 4) is 0 Å². The summed E-state index contributed by atoms with van der Waals surface area (Å²) in [5, 5.41) is 7.01. The standard InChI is InChI=1S/C11H16FN3O2S/c12-9-4-3-5-10(8-9)18(16,17)15-7-2-1-6-11(13)14/h3-5,8,15H,1-2,6-7H2,(H3,13,14). The normalized spacial score (nSPS) is 11.4. The molecule has 0 spiro atoms. The fraction of sp³-hybridized carbons (Fsp3) is 0.364. The Labute approximate surface area is 106 Å². The molecular formula is C11H16FN3O2S. The molecule has 0 amide bonds. The first-order valence-corrected chi connectivity index (χ1v) is 6.98. The molecule has 100 valence electrons. The van der Waals surface area contributed by atoms with Gasteiger partial charge in [-0.2, -0.15) is 0 Å². The average Bonchev–Trinajstić information content (AvgIpc) is 2.28. The van der Waals surface area contributed by atoms with Crippen LogP contribution in [0, 0.1) is 11.2 Å². The number of nitrogens with two attached hydrogens (primary N) is 1. The monoisotopic (exact) mass is 273 g/mol. The summed E-state index contributed by atoms with van der Waals surface area (Å²) in [5.74, 6) is -0.502. The molecule has 7 heteroatoms. The van der Waals surface area contributed by atoms with Crippen LogP contribution in [0.5, 0.6) is 0 Å². The molecule has 0 saturated carbocycles. The van der Waals surface area contributed by atoms with E-state index in [-0.39, 0.29) is 17.3 Å². The van der Waals surface area contributed by atoms with E-state index >= 15 is 0 Å². The molecule has 0 fully saturated rings. The van der Waals surface area contributed by atoms with Gasteiger partial charge in [0, 0.05) is 13.0 Å². The zero-order chi connectivity index (χ0) is 13.6. The van der Waals surface area contributed by atoms with Crippen LogP contribution in [0.1, 0.15) is 19.3 Å². The van der Waals surface area contributed by atoms with Crippen LogP contribution in [0.2, 0.25) is 0 Å². The molecule has 0 radical (unpaired) electrons. The second-order valence-corrected chi connectivity index (χ2v) is 5.60. The summed E-state index contributed by atoms with van der Waals surface area (Å²) in [6, 6.07) is 4.84. The van der Waals surface area contributed by atoms with E-state index in [1.807, 2.05) is 0 Å². The second kappa shape index (κ2) is 6.46. The predicted octanol–water partition coefficient (Wildman–Crippen LogP) is 1.21. The maximum absolute atomic E-state index is 12.9. The lowest BCUT2D eigenvalue weighted by Gasteiger charge is -2.06. The van der Waals surface area contributed by atoms with E-state index in [4.69, 9.17) is 11.1 Å². The lowest BCUT2D eigenvalue weighted by molar-refractivity contribution is 0.574. The summed E-state index contributed by atoms with van der Waals surface area (Å²) in [5.41, 5.74) is 5.17. The molecule has 0 aliphatic carbocycles. The van der Waals surface area contributed by atoms with Crippen LogP contribution in [-0.4, -0.2) is 20.8 Å². The Kier molecular flexibility index (Phi) is 5.24. The highest BCUT2D eigenvalue weighted by molar-refractivity contribution is 7.89. The van der Waals surface area contributed by atoms with E-state index in [0.717, 1.165) is 6.07 Å². The summed E-state index contributed by atoms with van der Waals surface area (Å²) >= 11 is 0. The smallest absolute Gasteiger partial charge is 0.240 e. The minimum absolute atomic E-state index is 0.0861. The maximum atomic E-state index is 12.9. The number of unbranched alkanes of at least 4 members (excludes halogenated alkanes) is 1. The SMILES string of the molecule is N=C(N)CCCCNS(=O)(=O)c1cccc(F)c1. The van der Waals surface area contributed by atoms with E-state index in [2.05, 4.69) is 4.72 Å². The minimum atomic E-state index is -3.66. The van der Waals surface area contributed by atoms with Gasteiger partial charge in [0.05, 0.1) is 10.7 Å². The summed E-state index contributed by atoms with van der Waals surface area (Å²) in [4.78, 5) is -0.0888. The largest absolute Gasteiger partial charge is 0.388 e. The van der Waals surface area contributed by atoms with Crippen LogP contribution in [0.25, 0.3) is 0 Å². The number of halogens is 1. The summed E-state index contributed by atoms with van der Waals surface area (Å²) < 4.78 is 38.7. The first kappa shape index (κ1) is 14.6. The first-order valence-electron chi connectivity index (χ1n) is 5.50. The highest BCUT2D eigenvalue weighted by Gasteiger charge is 2.13. The topological polar surface area (TPSA) is 96.0 Å². The molecule has 0 heterocycles. The van der Waals surface area contributed by atoms with Gasteiger partial charge in [-0.3, -0.25) is 5.41 Å². The maximum Gasteiger partial charge on any atom is 0.240 e. The van der Waals surface area contributed by atoms with Gasteiger partial charge < -0.3 is 5.73 Å². The quantitative estimate of drug-likeness (QED) is 0.396. The minimum Gasteiger partial charge on any atom is -0.388 e. The van der Waals surface area contributed by atoms with Crippen molar-refractivity contribution in [3.63, 3.8) is 0 Å². The van der Waals surface area contributed by atoms with Crippen LogP contribution < -0.4 is 10.5 Å². The van der Waals surface area contributed by atoms with Gasteiger partial charge in [-0.25, -0.2) is 17.5 Å². The number of amidine groups is 1. The lowest BCUT2D eigenvalue weighted by Crippen LogP contribution is -2.25.